The molecule has 0 aliphatic carbocycles. The van der Waals surface area contributed by atoms with Crippen LogP contribution >= 0.6 is 0 Å². The van der Waals surface area contributed by atoms with Crippen LogP contribution in [0.5, 0.6) is 0 Å². The molecule has 0 fully saturated rings. The Balaban J connectivity index is 3.07. The molecule has 0 aliphatic rings. The summed E-state index contributed by atoms with van der Waals surface area (Å²) in [6.07, 6.45) is 10.5. The molecule has 0 aromatic heterocycles. The molecule has 0 heterocycles. The molecule has 0 atom stereocenters. The smallest absolute Gasteiger partial charge is 0.379 e. The lowest BCUT2D eigenvalue weighted by Gasteiger charge is -2.09. The molecule has 0 amide bonds. The van der Waals surface area contributed by atoms with Crippen LogP contribution in [0.3, 0.4) is 0 Å². The van der Waals surface area contributed by atoms with Gasteiger partial charge in [0.2, 0.25) is 0 Å². The van der Waals surface area contributed by atoms with Crippen LogP contribution in [0.15, 0.2) is 0 Å². The number of hydrogen-bond acceptors (Lipinski definition) is 18. The summed E-state index contributed by atoms with van der Waals surface area (Å²) in [6.45, 7) is 16.3. The summed E-state index contributed by atoms with van der Waals surface area (Å²) in [7, 11) is -4.43. The van der Waals surface area contributed by atoms with Crippen molar-refractivity contribution in [1.29, 1.82) is 0 Å². The van der Waals surface area contributed by atoms with Crippen molar-refractivity contribution >= 4 is 10.4 Å². The second kappa shape index (κ2) is 52.6. The van der Waals surface area contributed by atoms with Gasteiger partial charge in [0.1, 0.15) is 0 Å². The first-order chi connectivity index (χ1) is 29.6. The van der Waals surface area contributed by atoms with Gasteiger partial charge in [-0.2, -0.15) is 8.42 Å². The van der Waals surface area contributed by atoms with Crippen molar-refractivity contribution in [2.24, 2.45) is 0 Å². The van der Waals surface area contributed by atoms with E-state index in [1.54, 1.807) is 0 Å². The van der Waals surface area contributed by atoms with E-state index in [1.807, 2.05) is 0 Å². The molecule has 0 aromatic rings. The van der Waals surface area contributed by atoms with E-state index >= 15 is 0 Å². The summed E-state index contributed by atoms with van der Waals surface area (Å²) in [5.41, 5.74) is 0. The third-order valence-electron chi connectivity index (χ3n) is 7.81. The fraction of sp³-hybridized carbons (Fsp3) is 1.00. The van der Waals surface area contributed by atoms with Crippen LogP contribution < -0.4 is 0 Å². The minimum Gasteiger partial charge on any atom is -0.379 e. The Morgan fingerprint density at radius 3 is 0.617 bits per heavy atom. The van der Waals surface area contributed by atoms with E-state index in [-0.39, 0.29) is 19.8 Å². The zero-order valence-electron chi connectivity index (χ0n) is 36.8. The summed E-state index contributed by atoms with van der Waals surface area (Å²) < 4.78 is 115. The second-order valence-electron chi connectivity index (χ2n) is 12.9. The first-order valence-corrected chi connectivity index (χ1v) is 23.2. The molecule has 60 heavy (non-hydrogen) atoms. The molecule has 0 unspecified atom stereocenters. The Bertz CT molecular complexity index is 893. The molecule has 362 valence electrons. The molecule has 0 aliphatic heterocycles. The maximum atomic E-state index is 10.4. The van der Waals surface area contributed by atoms with Crippen LogP contribution in [0.2, 0.25) is 0 Å². The van der Waals surface area contributed by atoms with Gasteiger partial charge in [0, 0.05) is 6.61 Å². The molecule has 20 heteroatoms. The number of rotatable bonds is 55. The van der Waals surface area contributed by atoms with Gasteiger partial charge in [0.25, 0.3) is 0 Å². The number of ether oxygens (including phenoxy) is 15. The molecular formula is C40H82O19S. The zero-order valence-corrected chi connectivity index (χ0v) is 37.6. The van der Waals surface area contributed by atoms with E-state index in [1.165, 1.54) is 44.9 Å². The van der Waals surface area contributed by atoms with Crippen LogP contribution in [0.4, 0.5) is 0 Å². The molecular weight excluding hydrogens is 816 g/mol. The SMILES string of the molecule is CCCCCCCCCCOCCOCCOCCOCCOCCOCCOCCOCCOCCOCCOCCOCCOCCOCCOCCOS(=O)(=O)O. The first kappa shape index (κ1) is 59.3. The Kier molecular flexibility index (Phi) is 52.0. The van der Waals surface area contributed by atoms with Gasteiger partial charge in [-0.05, 0) is 6.42 Å². The summed E-state index contributed by atoms with van der Waals surface area (Å²) in [5, 5.41) is 0. The lowest BCUT2D eigenvalue weighted by molar-refractivity contribution is -0.0301. The van der Waals surface area contributed by atoms with Crippen molar-refractivity contribution in [2.75, 3.05) is 205 Å². The van der Waals surface area contributed by atoms with Crippen molar-refractivity contribution in [3.05, 3.63) is 0 Å². The highest BCUT2D eigenvalue weighted by molar-refractivity contribution is 7.80. The monoisotopic (exact) mass is 899 g/mol. The lowest BCUT2D eigenvalue weighted by Crippen LogP contribution is -2.16. The van der Waals surface area contributed by atoms with E-state index in [2.05, 4.69) is 11.1 Å². The summed E-state index contributed by atoms with van der Waals surface area (Å²) in [5.74, 6) is 0. The average molecular weight is 899 g/mol. The molecule has 0 aromatic carbocycles. The molecule has 1 N–H and O–H groups in total. The molecule has 0 saturated heterocycles. The van der Waals surface area contributed by atoms with Crippen LogP contribution in [0.25, 0.3) is 0 Å². The quantitative estimate of drug-likeness (QED) is 0.0688. The molecule has 0 spiro atoms. The minimum absolute atomic E-state index is 0.0279. The van der Waals surface area contributed by atoms with Crippen molar-refractivity contribution in [3.63, 3.8) is 0 Å². The van der Waals surface area contributed by atoms with Crippen molar-refractivity contribution in [1.82, 2.24) is 0 Å². The van der Waals surface area contributed by atoms with Gasteiger partial charge in [-0.1, -0.05) is 51.9 Å². The third kappa shape index (κ3) is 57.3. The van der Waals surface area contributed by atoms with Gasteiger partial charge in [-0.3, -0.25) is 4.55 Å². The standard InChI is InChI=1S/C40H82O19S/c1-2-3-4-5-6-7-8-9-10-44-11-12-45-13-14-46-15-16-47-17-18-48-19-20-49-21-22-50-23-24-51-25-26-52-27-28-53-29-30-54-31-32-55-33-34-56-35-36-57-37-38-58-39-40-59-60(41,42)43/h2-40H2,1H3,(H,41,42,43). The highest BCUT2D eigenvalue weighted by atomic mass is 32.3. The summed E-state index contributed by atoms with van der Waals surface area (Å²) >= 11 is 0. The Morgan fingerprint density at radius 1 is 0.250 bits per heavy atom. The fourth-order valence-corrected chi connectivity index (χ4v) is 5.00. The van der Waals surface area contributed by atoms with E-state index in [4.69, 9.17) is 75.6 Å². The van der Waals surface area contributed by atoms with Gasteiger partial charge >= 0.3 is 10.4 Å². The van der Waals surface area contributed by atoms with Crippen LogP contribution in [-0.4, -0.2) is 218 Å². The predicted octanol–water partition coefficient (Wildman–Crippen LogP) is 3.20. The Morgan fingerprint density at radius 2 is 0.417 bits per heavy atom. The predicted molar refractivity (Wildman–Crippen MR) is 222 cm³/mol. The van der Waals surface area contributed by atoms with Gasteiger partial charge < -0.3 is 71.1 Å². The maximum Gasteiger partial charge on any atom is 0.397 e. The van der Waals surface area contributed by atoms with E-state index in [0.717, 1.165) is 13.0 Å². The molecule has 0 radical (unpaired) electrons. The highest BCUT2D eigenvalue weighted by Gasteiger charge is 2.03. The van der Waals surface area contributed by atoms with E-state index < -0.39 is 10.4 Å². The summed E-state index contributed by atoms with van der Waals surface area (Å²) in [6, 6.07) is 0. The third-order valence-corrected chi connectivity index (χ3v) is 8.27. The zero-order chi connectivity index (χ0) is 43.4. The van der Waals surface area contributed by atoms with Gasteiger partial charge in [-0.15, -0.1) is 0 Å². The van der Waals surface area contributed by atoms with E-state index in [9.17, 15) is 8.42 Å². The second-order valence-corrected chi connectivity index (χ2v) is 14.0. The molecule has 0 bridgehead atoms. The maximum absolute atomic E-state index is 10.4. The Hall–Kier alpha value is -0.730. The Labute approximate surface area is 361 Å². The fourth-order valence-electron chi connectivity index (χ4n) is 4.72. The average Bonchev–Trinajstić information content (AvgIpc) is 3.23. The van der Waals surface area contributed by atoms with Gasteiger partial charge in [0.15, 0.2) is 0 Å². The van der Waals surface area contributed by atoms with E-state index in [0.29, 0.717) is 178 Å². The van der Waals surface area contributed by atoms with Crippen molar-refractivity contribution in [3.8, 4) is 0 Å². The number of hydrogen-bond donors (Lipinski definition) is 1. The molecule has 0 rings (SSSR count). The van der Waals surface area contributed by atoms with Crippen LogP contribution in [0, 0.1) is 0 Å². The van der Waals surface area contributed by atoms with Gasteiger partial charge in [0.05, 0.1) is 198 Å². The largest absolute Gasteiger partial charge is 0.397 e. The molecule has 19 nitrogen and oxygen atoms in total. The van der Waals surface area contributed by atoms with Gasteiger partial charge in [-0.25, -0.2) is 4.18 Å². The first-order valence-electron chi connectivity index (χ1n) is 21.8. The van der Waals surface area contributed by atoms with Crippen molar-refractivity contribution < 1.29 is 88.2 Å². The highest BCUT2D eigenvalue weighted by Crippen LogP contribution is 2.08. The van der Waals surface area contributed by atoms with Crippen LogP contribution in [0.1, 0.15) is 58.3 Å². The summed E-state index contributed by atoms with van der Waals surface area (Å²) in [4.78, 5) is 0. The van der Waals surface area contributed by atoms with Crippen LogP contribution in [-0.2, 0) is 85.6 Å². The normalized spacial score (nSPS) is 12.0. The topological polar surface area (TPSA) is 202 Å². The lowest BCUT2D eigenvalue weighted by atomic mass is 10.1. The molecule has 0 saturated carbocycles. The minimum atomic E-state index is -4.43. The number of unbranched alkanes of at least 4 members (excludes halogenated alkanes) is 7. The van der Waals surface area contributed by atoms with Crippen molar-refractivity contribution in [2.45, 2.75) is 58.3 Å².